The summed E-state index contributed by atoms with van der Waals surface area (Å²) in [4.78, 5) is 11.6. The maximum atomic E-state index is 11.6. The molecule has 0 unspecified atom stereocenters. The van der Waals surface area contributed by atoms with Crippen LogP contribution in [0.25, 0.3) is 11.3 Å². The second-order valence-electron chi connectivity index (χ2n) is 5.27. The van der Waals surface area contributed by atoms with Gasteiger partial charge in [0.15, 0.2) is 5.82 Å². The Kier molecular flexibility index (Phi) is 4.13. The number of nitrogens with zero attached hydrogens (tertiary/aromatic N) is 1. The number of H-pyrrole nitrogens is 1. The van der Waals surface area contributed by atoms with E-state index >= 15 is 0 Å². The number of hydrogen-bond donors (Lipinski definition) is 2. The fraction of sp³-hybridized carbons (Fsp3) is 0.286. The molecule has 1 heterocycles. The Morgan fingerprint density at radius 2 is 2.05 bits per heavy atom. The van der Waals surface area contributed by atoms with Crippen molar-refractivity contribution in [2.45, 2.75) is 26.4 Å². The highest BCUT2D eigenvalue weighted by atomic mass is 79.9. The Morgan fingerprint density at radius 1 is 1.35 bits per heavy atom. The normalized spacial score (nSPS) is 11.2. The Bertz CT molecular complexity index is 617. The van der Waals surface area contributed by atoms with Crippen molar-refractivity contribution in [3.8, 4) is 11.3 Å². The largest absolute Gasteiger partial charge is 0.444 e. The van der Waals surface area contributed by atoms with Crippen LogP contribution in [0.1, 0.15) is 20.8 Å². The van der Waals surface area contributed by atoms with Crippen molar-refractivity contribution in [3.63, 3.8) is 0 Å². The van der Waals surface area contributed by atoms with Crippen molar-refractivity contribution in [1.29, 1.82) is 0 Å². The van der Waals surface area contributed by atoms with Crippen LogP contribution in [0.15, 0.2) is 34.8 Å². The first-order valence-corrected chi connectivity index (χ1v) is 6.95. The molecular weight excluding hydrogens is 322 g/mol. The highest BCUT2D eigenvalue weighted by molar-refractivity contribution is 9.10. The molecule has 0 radical (unpaired) electrons. The second-order valence-corrected chi connectivity index (χ2v) is 6.13. The van der Waals surface area contributed by atoms with E-state index < -0.39 is 11.7 Å². The van der Waals surface area contributed by atoms with Crippen LogP contribution in [0.5, 0.6) is 0 Å². The Balaban J connectivity index is 2.10. The fourth-order valence-electron chi connectivity index (χ4n) is 1.61. The lowest BCUT2D eigenvalue weighted by Crippen LogP contribution is -2.27. The fourth-order valence-corrected chi connectivity index (χ4v) is 2.11. The maximum Gasteiger partial charge on any atom is 0.413 e. The van der Waals surface area contributed by atoms with Gasteiger partial charge in [-0.15, -0.1) is 0 Å². The van der Waals surface area contributed by atoms with Crippen molar-refractivity contribution in [3.05, 3.63) is 34.8 Å². The summed E-state index contributed by atoms with van der Waals surface area (Å²) in [6, 6.07) is 9.52. The van der Waals surface area contributed by atoms with Gasteiger partial charge in [-0.05, 0) is 26.8 Å². The van der Waals surface area contributed by atoms with Gasteiger partial charge in [-0.1, -0.05) is 34.1 Å². The van der Waals surface area contributed by atoms with Gasteiger partial charge in [0, 0.05) is 16.1 Å². The molecule has 2 N–H and O–H groups in total. The molecule has 0 fully saturated rings. The highest BCUT2D eigenvalue weighted by Gasteiger charge is 2.17. The highest BCUT2D eigenvalue weighted by Crippen LogP contribution is 2.27. The van der Waals surface area contributed by atoms with Crippen molar-refractivity contribution < 1.29 is 9.53 Å². The van der Waals surface area contributed by atoms with E-state index in [0.29, 0.717) is 5.82 Å². The molecule has 1 aromatic heterocycles. The first-order chi connectivity index (χ1) is 9.35. The minimum absolute atomic E-state index is 0.421. The van der Waals surface area contributed by atoms with E-state index in [2.05, 4.69) is 31.4 Å². The average Bonchev–Trinajstić information content (AvgIpc) is 2.75. The molecule has 6 heteroatoms. The van der Waals surface area contributed by atoms with Gasteiger partial charge in [0.25, 0.3) is 0 Å². The summed E-state index contributed by atoms with van der Waals surface area (Å²) in [7, 11) is 0. The van der Waals surface area contributed by atoms with Crippen LogP contribution >= 0.6 is 15.9 Å². The van der Waals surface area contributed by atoms with Gasteiger partial charge < -0.3 is 4.74 Å². The zero-order valence-corrected chi connectivity index (χ0v) is 13.1. The van der Waals surface area contributed by atoms with Crippen LogP contribution in [-0.4, -0.2) is 21.9 Å². The summed E-state index contributed by atoms with van der Waals surface area (Å²) in [5.41, 5.74) is 1.24. The number of ether oxygens (including phenoxy) is 1. The number of aromatic nitrogens is 2. The zero-order valence-electron chi connectivity index (χ0n) is 11.5. The molecule has 2 rings (SSSR count). The maximum absolute atomic E-state index is 11.6. The minimum atomic E-state index is -0.536. The Labute approximate surface area is 125 Å². The molecule has 5 nitrogen and oxygen atoms in total. The topological polar surface area (TPSA) is 67.0 Å². The number of hydrogen-bond acceptors (Lipinski definition) is 3. The summed E-state index contributed by atoms with van der Waals surface area (Å²) in [6.45, 7) is 5.43. The summed E-state index contributed by atoms with van der Waals surface area (Å²) < 4.78 is 6.12. The molecular formula is C14H16BrN3O2. The molecule has 0 aliphatic heterocycles. The Morgan fingerprint density at radius 3 is 2.70 bits per heavy atom. The average molecular weight is 338 g/mol. The van der Waals surface area contributed by atoms with E-state index in [1.54, 1.807) is 6.07 Å². The van der Waals surface area contributed by atoms with E-state index in [0.717, 1.165) is 15.7 Å². The van der Waals surface area contributed by atoms with Crippen molar-refractivity contribution in [2.75, 3.05) is 5.32 Å². The molecule has 0 saturated carbocycles. The van der Waals surface area contributed by atoms with Crippen molar-refractivity contribution in [1.82, 2.24) is 10.2 Å². The monoisotopic (exact) mass is 337 g/mol. The van der Waals surface area contributed by atoms with Gasteiger partial charge in [0.2, 0.25) is 0 Å². The number of aromatic amines is 1. The molecule has 0 saturated heterocycles. The Hall–Kier alpha value is -1.82. The number of halogens is 1. The van der Waals surface area contributed by atoms with Crippen molar-refractivity contribution in [2.24, 2.45) is 0 Å². The third-order valence-electron chi connectivity index (χ3n) is 2.37. The summed E-state index contributed by atoms with van der Waals surface area (Å²) >= 11 is 3.47. The van der Waals surface area contributed by atoms with Crippen LogP contribution in [0, 0.1) is 0 Å². The van der Waals surface area contributed by atoms with Crippen LogP contribution in [-0.2, 0) is 4.74 Å². The number of amides is 1. The third-order valence-corrected chi connectivity index (χ3v) is 3.06. The summed E-state index contributed by atoms with van der Waals surface area (Å²) in [6.07, 6.45) is -0.525. The lowest BCUT2D eigenvalue weighted by molar-refractivity contribution is 0.0635. The van der Waals surface area contributed by atoms with Gasteiger partial charge >= 0.3 is 6.09 Å². The SMILES string of the molecule is CC(C)(C)OC(=O)Nc1cc(-c2ccccc2Br)[nH]n1. The number of benzene rings is 1. The van der Waals surface area contributed by atoms with E-state index in [9.17, 15) is 4.79 Å². The molecule has 1 aromatic carbocycles. The second kappa shape index (κ2) is 5.66. The predicted octanol–water partition coefficient (Wildman–Crippen LogP) is 4.19. The molecule has 0 aliphatic carbocycles. The molecule has 0 bridgehead atoms. The lowest BCUT2D eigenvalue weighted by Gasteiger charge is -2.18. The van der Waals surface area contributed by atoms with Gasteiger partial charge in [-0.2, -0.15) is 5.10 Å². The number of rotatable bonds is 2. The molecule has 0 spiro atoms. The van der Waals surface area contributed by atoms with E-state index in [1.165, 1.54) is 0 Å². The minimum Gasteiger partial charge on any atom is -0.444 e. The predicted molar refractivity (Wildman–Crippen MR) is 81.6 cm³/mol. The van der Waals surface area contributed by atoms with Crippen LogP contribution in [0.2, 0.25) is 0 Å². The smallest absolute Gasteiger partial charge is 0.413 e. The lowest BCUT2D eigenvalue weighted by atomic mass is 10.1. The molecule has 2 aromatic rings. The van der Waals surface area contributed by atoms with E-state index in [1.807, 2.05) is 45.0 Å². The van der Waals surface area contributed by atoms with Crippen LogP contribution in [0.4, 0.5) is 10.6 Å². The zero-order chi connectivity index (χ0) is 14.8. The standard InChI is InChI=1S/C14H16BrN3O2/c1-14(2,3)20-13(19)16-12-8-11(17-18-12)9-6-4-5-7-10(9)15/h4-8H,1-3H3,(H2,16,17,18,19). The van der Waals surface area contributed by atoms with Gasteiger partial charge in [0.05, 0.1) is 5.69 Å². The quantitative estimate of drug-likeness (QED) is 0.863. The van der Waals surface area contributed by atoms with Gasteiger partial charge in [-0.3, -0.25) is 10.4 Å². The number of carbonyl (C=O) groups is 1. The van der Waals surface area contributed by atoms with E-state index in [4.69, 9.17) is 4.74 Å². The first-order valence-electron chi connectivity index (χ1n) is 6.15. The van der Waals surface area contributed by atoms with Crippen LogP contribution < -0.4 is 5.32 Å². The van der Waals surface area contributed by atoms with Gasteiger partial charge in [-0.25, -0.2) is 4.79 Å². The number of anilines is 1. The van der Waals surface area contributed by atoms with E-state index in [-0.39, 0.29) is 0 Å². The summed E-state index contributed by atoms with van der Waals surface area (Å²) in [5.74, 6) is 0.421. The number of nitrogens with one attached hydrogen (secondary N) is 2. The molecule has 0 atom stereocenters. The van der Waals surface area contributed by atoms with Crippen molar-refractivity contribution >= 4 is 27.8 Å². The molecule has 1 amide bonds. The van der Waals surface area contributed by atoms with Crippen LogP contribution in [0.3, 0.4) is 0 Å². The summed E-state index contributed by atoms with van der Waals surface area (Å²) in [5, 5.41) is 9.52. The molecule has 106 valence electrons. The van der Waals surface area contributed by atoms with Gasteiger partial charge in [0.1, 0.15) is 5.60 Å². The molecule has 0 aliphatic rings. The molecule has 20 heavy (non-hydrogen) atoms. The number of carbonyl (C=O) groups excluding carboxylic acids is 1. The third kappa shape index (κ3) is 3.84. The first kappa shape index (κ1) is 14.6.